The lowest BCUT2D eigenvalue weighted by molar-refractivity contribution is -0.279. The van der Waals surface area contributed by atoms with Crippen LogP contribution in [0.5, 0.6) is 0 Å². The quantitative estimate of drug-likeness (QED) is 0.391. The highest BCUT2D eigenvalue weighted by Gasteiger charge is 2.73. The van der Waals surface area contributed by atoms with Crippen LogP contribution in [-0.4, -0.2) is 36.4 Å². The summed E-state index contributed by atoms with van der Waals surface area (Å²) >= 11 is 0. The first-order chi connectivity index (χ1) is 17.5. The molecule has 0 aliphatic heterocycles. The number of aliphatic hydroxyl groups is 1. The van der Waals surface area contributed by atoms with E-state index in [1.165, 1.54) is 6.92 Å². The summed E-state index contributed by atoms with van der Waals surface area (Å²) in [5.74, 6) is 0.909. The van der Waals surface area contributed by atoms with Crippen molar-refractivity contribution >= 4 is 11.9 Å². The SMILES string of the molecule is COC(=O)[C@]12CCC(C)(C)C[C@H]1[C@H]1[C@H](O)C[C@@H]3[C@@]4(C)CC[C@H](OC(C)=O)C(C)(C)[C@@H]4CC[C@@]3(C)[C@]1(C)CC2. The molecule has 0 amide bonds. The average Bonchev–Trinajstić information content (AvgIpc) is 2.81. The van der Waals surface area contributed by atoms with Crippen LogP contribution in [-0.2, 0) is 19.1 Å². The summed E-state index contributed by atoms with van der Waals surface area (Å²) in [4.78, 5) is 25.4. The molecular weight excluding hydrogens is 476 g/mol. The number of fused-ring (bicyclic) bond motifs is 7. The summed E-state index contributed by atoms with van der Waals surface area (Å²) in [6.45, 7) is 18.4. The summed E-state index contributed by atoms with van der Waals surface area (Å²) < 4.78 is 11.4. The van der Waals surface area contributed by atoms with Gasteiger partial charge in [-0.3, -0.25) is 9.59 Å². The minimum Gasteiger partial charge on any atom is -0.469 e. The Morgan fingerprint density at radius 2 is 1.47 bits per heavy atom. The summed E-state index contributed by atoms with van der Waals surface area (Å²) in [5.41, 5.74) is -0.232. The molecule has 0 heterocycles. The number of methoxy groups -OCH3 is 1. The molecule has 0 bridgehead atoms. The summed E-state index contributed by atoms with van der Waals surface area (Å²) in [5, 5.41) is 12.2. The normalized spacial score (nSPS) is 50.9. The zero-order valence-corrected chi connectivity index (χ0v) is 25.6. The minimum absolute atomic E-state index is 0.0319. The number of carbonyl (C=O) groups excluding carboxylic acids is 2. The van der Waals surface area contributed by atoms with E-state index >= 15 is 0 Å². The number of rotatable bonds is 2. The lowest BCUT2D eigenvalue weighted by atomic mass is 9.31. The van der Waals surface area contributed by atoms with E-state index in [2.05, 4.69) is 48.5 Å². The van der Waals surface area contributed by atoms with Gasteiger partial charge in [0, 0.05) is 12.3 Å². The molecule has 5 aliphatic rings. The standard InChI is InChI=1S/C33H54O5/c1-20(34)38-25-11-12-30(6)23(29(25,4)5)10-13-31(7)24(30)18-22(35)26-21-19-28(2,3)14-16-33(21,27(36)37-9)17-15-32(26,31)8/h21-26,35H,10-19H2,1-9H3/t21-,22+,23-,24+,25-,26-,30-,31+,32+,33-/m0/s1. The number of carbonyl (C=O) groups is 2. The fraction of sp³-hybridized carbons (Fsp3) is 0.939. The van der Waals surface area contributed by atoms with Gasteiger partial charge < -0.3 is 14.6 Å². The van der Waals surface area contributed by atoms with Crippen LogP contribution in [0.15, 0.2) is 0 Å². The lowest BCUT2D eigenvalue weighted by Gasteiger charge is -2.74. The fourth-order valence-electron chi connectivity index (χ4n) is 12.0. The van der Waals surface area contributed by atoms with Gasteiger partial charge in [0.15, 0.2) is 0 Å². The Balaban J connectivity index is 1.55. The van der Waals surface area contributed by atoms with Crippen LogP contribution in [0.3, 0.4) is 0 Å². The van der Waals surface area contributed by atoms with E-state index in [1.807, 2.05) is 0 Å². The third-order valence-electron chi connectivity index (χ3n) is 14.1. The zero-order valence-electron chi connectivity index (χ0n) is 25.6. The summed E-state index contributed by atoms with van der Waals surface area (Å²) in [6.07, 6.45) is 9.31. The number of hydrogen-bond acceptors (Lipinski definition) is 5. The van der Waals surface area contributed by atoms with Crippen LogP contribution < -0.4 is 0 Å². The molecule has 0 aromatic heterocycles. The van der Waals surface area contributed by atoms with Gasteiger partial charge in [-0.1, -0.05) is 48.5 Å². The van der Waals surface area contributed by atoms with Crippen molar-refractivity contribution in [3.8, 4) is 0 Å². The largest absolute Gasteiger partial charge is 0.469 e. The third kappa shape index (κ3) is 3.64. The highest BCUT2D eigenvalue weighted by atomic mass is 16.5. The Kier molecular flexibility index (Phi) is 6.51. The first-order valence-electron chi connectivity index (χ1n) is 15.4. The maximum atomic E-state index is 13.5. The lowest BCUT2D eigenvalue weighted by Crippen LogP contribution is -2.70. The molecular formula is C33H54O5. The van der Waals surface area contributed by atoms with Gasteiger partial charge in [0.25, 0.3) is 0 Å². The Morgan fingerprint density at radius 3 is 2.11 bits per heavy atom. The minimum atomic E-state index is -0.455. The molecule has 1 N–H and O–H groups in total. The Labute approximate surface area is 231 Å². The molecule has 5 rings (SSSR count). The van der Waals surface area contributed by atoms with Crippen molar-refractivity contribution in [2.45, 2.75) is 132 Å². The van der Waals surface area contributed by atoms with Gasteiger partial charge in [-0.2, -0.15) is 0 Å². The van der Waals surface area contributed by atoms with E-state index in [0.29, 0.717) is 11.8 Å². The molecule has 5 aliphatic carbocycles. The number of ether oxygens (including phenoxy) is 2. The molecule has 0 unspecified atom stereocenters. The predicted molar refractivity (Wildman–Crippen MR) is 148 cm³/mol. The summed E-state index contributed by atoms with van der Waals surface area (Å²) in [7, 11) is 1.55. The second-order valence-corrected chi connectivity index (χ2v) is 16.4. The molecule has 0 aromatic carbocycles. The molecule has 0 spiro atoms. The van der Waals surface area contributed by atoms with Crippen molar-refractivity contribution in [2.75, 3.05) is 7.11 Å². The van der Waals surface area contributed by atoms with Crippen LogP contribution in [0.2, 0.25) is 0 Å². The van der Waals surface area contributed by atoms with Crippen molar-refractivity contribution in [2.24, 2.45) is 56.2 Å². The fourth-order valence-corrected chi connectivity index (χ4v) is 12.0. The molecule has 5 heteroatoms. The van der Waals surface area contributed by atoms with Gasteiger partial charge in [-0.25, -0.2) is 0 Å². The first-order valence-corrected chi connectivity index (χ1v) is 15.4. The Bertz CT molecular complexity index is 986. The number of esters is 2. The number of hydrogen-bond donors (Lipinski definition) is 1. The van der Waals surface area contributed by atoms with E-state index < -0.39 is 11.5 Å². The van der Waals surface area contributed by atoms with Crippen molar-refractivity contribution in [3.05, 3.63) is 0 Å². The van der Waals surface area contributed by atoms with Crippen molar-refractivity contribution in [3.63, 3.8) is 0 Å². The molecule has 5 saturated carbocycles. The van der Waals surface area contributed by atoms with E-state index in [4.69, 9.17) is 9.47 Å². The van der Waals surface area contributed by atoms with E-state index in [9.17, 15) is 14.7 Å². The van der Waals surface area contributed by atoms with Crippen LogP contribution in [0.4, 0.5) is 0 Å². The summed E-state index contributed by atoms with van der Waals surface area (Å²) in [6, 6.07) is 0. The predicted octanol–water partition coefficient (Wildman–Crippen LogP) is 6.94. The van der Waals surface area contributed by atoms with Crippen molar-refractivity contribution in [1.29, 1.82) is 0 Å². The Morgan fingerprint density at radius 1 is 0.816 bits per heavy atom. The molecule has 5 nitrogen and oxygen atoms in total. The highest BCUT2D eigenvalue weighted by molar-refractivity contribution is 5.77. The first kappa shape index (κ1) is 28.4. The highest BCUT2D eigenvalue weighted by Crippen LogP contribution is 2.77. The topological polar surface area (TPSA) is 72.8 Å². The zero-order chi connectivity index (χ0) is 28.1. The van der Waals surface area contributed by atoms with Gasteiger partial charge >= 0.3 is 11.9 Å². The molecule has 216 valence electrons. The van der Waals surface area contributed by atoms with Crippen LogP contribution >= 0.6 is 0 Å². The molecule has 10 atom stereocenters. The van der Waals surface area contributed by atoms with E-state index in [-0.39, 0.29) is 57.0 Å². The monoisotopic (exact) mass is 530 g/mol. The van der Waals surface area contributed by atoms with Crippen LogP contribution in [0, 0.1) is 56.2 Å². The number of aliphatic hydroxyl groups excluding tert-OH is 1. The Hall–Kier alpha value is -1.10. The average molecular weight is 531 g/mol. The third-order valence-corrected chi connectivity index (χ3v) is 14.1. The van der Waals surface area contributed by atoms with Crippen molar-refractivity contribution in [1.82, 2.24) is 0 Å². The van der Waals surface area contributed by atoms with Crippen LogP contribution in [0.25, 0.3) is 0 Å². The maximum absolute atomic E-state index is 13.5. The van der Waals surface area contributed by atoms with Gasteiger partial charge in [0.1, 0.15) is 6.10 Å². The van der Waals surface area contributed by atoms with Crippen LogP contribution in [0.1, 0.15) is 120 Å². The smallest absolute Gasteiger partial charge is 0.312 e. The van der Waals surface area contributed by atoms with Gasteiger partial charge in [-0.05, 0) is 110 Å². The maximum Gasteiger partial charge on any atom is 0.312 e. The van der Waals surface area contributed by atoms with E-state index in [1.54, 1.807) is 7.11 Å². The van der Waals surface area contributed by atoms with Crippen molar-refractivity contribution < 1.29 is 24.2 Å². The van der Waals surface area contributed by atoms with Gasteiger partial charge in [-0.15, -0.1) is 0 Å². The molecule has 0 aromatic rings. The molecule has 38 heavy (non-hydrogen) atoms. The second kappa shape index (κ2) is 8.70. The molecule has 5 fully saturated rings. The van der Waals surface area contributed by atoms with Gasteiger partial charge in [0.05, 0.1) is 18.6 Å². The van der Waals surface area contributed by atoms with Gasteiger partial charge in [0.2, 0.25) is 0 Å². The molecule has 0 saturated heterocycles. The second-order valence-electron chi connectivity index (χ2n) is 16.4. The molecule has 0 radical (unpaired) electrons. The van der Waals surface area contributed by atoms with E-state index in [0.717, 1.165) is 64.2 Å².